The van der Waals surface area contributed by atoms with Crippen LogP contribution in [0.4, 0.5) is 5.69 Å². The lowest BCUT2D eigenvalue weighted by molar-refractivity contribution is -0.125. The molecule has 3 rings (SSSR count). The van der Waals surface area contributed by atoms with Gasteiger partial charge in [-0.15, -0.1) is 0 Å². The first-order valence-electron chi connectivity index (χ1n) is 7.10. The molecule has 1 saturated carbocycles. The van der Waals surface area contributed by atoms with Crippen molar-refractivity contribution in [3.8, 4) is 0 Å². The first-order valence-corrected chi connectivity index (χ1v) is 7.85. The fraction of sp³-hybridized carbons (Fsp3) is 0.250. The molecule has 1 aromatic carbocycles. The lowest BCUT2D eigenvalue weighted by atomic mass is 10.2. The van der Waals surface area contributed by atoms with Crippen molar-refractivity contribution in [1.82, 2.24) is 5.32 Å². The number of carbonyl (C=O) groups excluding carboxylic acids is 2. The van der Waals surface area contributed by atoms with Crippen molar-refractivity contribution in [3.63, 3.8) is 0 Å². The van der Waals surface area contributed by atoms with Crippen LogP contribution in [0.2, 0.25) is 10.0 Å². The number of hydrogen-bond acceptors (Lipinski definition) is 3. The first kappa shape index (κ1) is 15.9. The molecule has 2 unspecified atom stereocenters. The lowest BCUT2D eigenvalue weighted by Gasteiger charge is -2.06. The van der Waals surface area contributed by atoms with Gasteiger partial charge in [-0.1, -0.05) is 23.2 Å². The highest BCUT2D eigenvalue weighted by molar-refractivity contribution is 6.35. The van der Waals surface area contributed by atoms with E-state index in [0.29, 0.717) is 34.5 Å². The highest BCUT2D eigenvalue weighted by atomic mass is 35.5. The Morgan fingerprint density at radius 1 is 1.13 bits per heavy atom. The van der Waals surface area contributed by atoms with Crippen molar-refractivity contribution in [1.29, 1.82) is 0 Å². The smallest absolute Gasteiger partial charge is 0.228 e. The Bertz CT molecular complexity index is 711. The fourth-order valence-electron chi connectivity index (χ4n) is 2.35. The predicted octanol–water partition coefficient (Wildman–Crippen LogP) is 3.48. The molecule has 5 nitrogen and oxygen atoms in total. The van der Waals surface area contributed by atoms with Crippen LogP contribution >= 0.6 is 23.2 Å². The summed E-state index contributed by atoms with van der Waals surface area (Å²) >= 11 is 11.8. The van der Waals surface area contributed by atoms with Gasteiger partial charge in [0.15, 0.2) is 0 Å². The van der Waals surface area contributed by atoms with E-state index in [1.165, 1.54) is 0 Å². The maximum Gasteiger partial charge on any atom is 0.228 e. The van der Waals surface area contributed by atoms with Gasteiger partial charge in [-0.05, 0) is 36.8 Å². The average Bonchev–Trinajstić information content (AvgIpc) is 3.12. The van der Waals surface area contributed by atoms with E-state index in [0.717, 1.165) is 0 Å². The van der Waals surface area contributed by atoms with Gasteiger partial charge in [0.2, 0.25) is 11.8 Å². The van der Waals surface area contributed by atoms with Gasteiger partial charge in [0.05, 0.1) is 24.6 Å². The van der Waals surface area contributed by atoms with Crippen molar-refractivity contribution in [2.75, 3.05) is 5.32 Å². The van der Waals surface area contributed by atoms with Gasteiger partial charge in [-0.3, -0.25) is 9.59 Å². The van der Waals surface area contributed by atoms with Crippen molar-refractivity contribution in [3.05, 3.63) is 52.4 Å². The second kappa shape index (κ2) is 6.64. The van der Waals surface area contributed by atoms with Crippen molar-refractivity contribution < 1.29 is 14.0 Å². The summed E-state index contributed by atoms with van der Waals surface area (Å²) in [6, 6.07) is 8.34. The van der Waals surface area contributed by atoms with Crippen LogP contribution in [0, 0.1) is 11.8 Å². The van der Waals surface area contributed by atoms with Gasteiger partial charge in [0, 0.05) is 15.7 Å². The summed E-state index contributed by atoms with van der Waals surface area (Å²) in [5.74, 6) is -0.315. The van der Waals surface area contributed by atoms with Gasteiger partial charge in [-0.2, -0.15) is 0 Å². The minimum absolute atomic E-state index is 0.148. The Hall–Kier alpha value is -1.98. The molecule has 2 amide bonds. The van der Waals surface area contributed by atoms with Crippen LogP contribution in [-0.2, 0) is 16.1 Å². The number of benzene rings is 1. The molecule has 0 radical (unpaired) electrons. The number of amides is 2. The second-order valence-corrected chi connectivity index (χ2v) is 6.27. The number of hydrogen-bond donors (Lipinski definition) is 2. The normalized spacial score (nSPS) is 19.2. The highest BCUT2D eigenvalue weighted by Crippen LogP contribution is 2.39. The van der Waals surface area contributed by atoms with Crippen LogP contribution in [0.25, 0.3) is 0 Å². The van der Waals surface area contributed by atoms with E-state index in [2.05, 4.69) is 10.6 Å². The molecule has 0 spiro atoms. The predicted molar refractivity (Wildman–Crippen MR) is 87.2 cm³/mol. The van der Waals surface area contributed by atoms with Crippen molar-refractivity contribution in [2.45, 2.75) is 13.0 Å². The molecule has 7 heteroatoms. The van der Waals surface area contributed by atoms with Gasteiger partial charge < -0.3 is 15.1 Å². The van der Waals surface area contributed by atoms with Gasteiger partial charge in [-0.25, -0.2) is 0 Å². The summed E-state index contributed by atoms with van der Waals surface area (Å²) in [4.78, 5) is 24.2. The van der Waals surface area contributed by atoms with Gasteiger partial charge in [0.1, 0.15) is 5.76 Å². The molecule has 1 aliphatic rings. The molecular weight excluding hydrogens is 339 g/mol. The van der Waals surface area contributed by atoms with Crippen molar-refractivity contribution >= 4 is 40.7 Å². The molecule has 2 atom stereocenters. The van der Waals surface area contributed by atoms with E-state index < -0.39 is 0 Å². The maximum atomic E-state index is 12.1. The van der Waals surface area contributed by atoms with E-state index in [4.69, 9.17) is 27.6 Å². The van der Waals surface area contributed by atoms with E-state index >= 15 is 0 Å². The molecule has 1 aromatic heterocycles. The summed E-state index contributed by atoms with van der Waals surface area (Å²) in [6.07, 6.45) is 2.08. The Labute approximate surface area is 142 Å². The molecule has 2 aromatic rings. The lowest BCUT2D eigenvalue weighted by Crippen LogP contribution is -2.26. The Morgan fingerprint density at radius 2 is 1.83 bits per heavy atom. The third-order valence-electron chi connectivity index (χ3n) is 3.61. The highest BCUT2D eigenvalue weighted by Gasteiger charge is 2.47. The van der Waals surface area contributed by atoms with Gasteiger partial charge in [0.25, 0.3) is 0 Å². The third-order valence-corrected chi connectivity index (χ3v) is 4.05. The van der Waals surface area contributed by atoms with Crippen LogP contribution in [0.3, 0.4) is 0 Å². The monoisotopic (exact) mass is 352 g/mol. The Balaban J connectivity index is 1.51. The van der Waals surface area contributed by atoms with Gasteiger partial charge >= 0.3 is 0 Å². The number of furan rings is 1. The van der Waals surface area contributed by atoms with E-state index in [-0.39, 0.29) is 23.7 Å². The molecule has 1 aliphatic carbocycles. The van der Waals surface area contributed by atoms with Crippen LogP contribution in [0.5, 0.6) is 0 Å². The third kappa shape index (κ3) is 4.06. The molecule has 120 valence electrons. The molecule has 0 aliphatic heterocycles. The van der Waals surface area contributed by atoms with Crippen LogP contribution < -0.4 is 10.6 Å². The molecular formula is C16H14Cl2N2O3. The summed E-state index contributed by atoms with van der Waals surface area (Å²) in [6.45, 7) is 0.320. The quantitative estimate of drug-likeness (QED) is 0.865. The Kier molecular flexibility index (Phi) is 4.59. The second-order valence-electron chi connectivity index (χ2n) is 5.39. The standard InChI is InChI=1S/C16H14Cl2N2O3/c17-9-4-10(18)6-11(5-9)20-16(22)14-7-13(14)15(21)19-8-12-2-1-3-23-12/h1-6,13-14H,7-8H2,(H,19,21)(H,20,22). The molecule has 23 heavy (non-hydrogen) atoms. The molecule has 2 N–H and O–H groups in total. The molecule has 0 saturated heterocycles. The number of carbonyl (C=O) groups is 2. The zero-order chi connectivity index (χ0) is 16.4. The van der Waals surface area contributed by atoms with E-state index in [1.54, 1.807) is 36.6 Å². The summed E-state index contributed by atoms with van der Waals surface area (Å²) in [5.41, 5.74) is 0.522. The minimum Gasteiger partial charge on any atom is -0.467 e. The summed E-state index contributed by atoms with van der Waals surface area (Å²) in [7, 11) is 0. The van der Waals surface area contributed by atoms with Crippen LogP contribution in [0.1, 0.15) is 12.2 Å². The Morgan fingerprint density at radius 3 is 2.48 bits per heavy atom. The number of halogens is 2. The van der Waals surface area contributed by atoms with E-state index in [1.807, 2.05) is 0 Å². The molecule has 1 fully saturated rings. The minimum atomic E-state index is -0.329. The zero-order valence-electron chi connectivity index (χ0n) is 12.0. The SMILES string of the molecule is O=C(NCc1ccco1)C1CC1C(=O)Nc1cc(Cl)cc(Cl)c1. The van der Waals surface area contributed by atoms with Crippen LogP contribution in [-0.4, -0.2) is 11.8 Å². The average molecular weight is 353 g/mol. The van der Waals surface area contributed by atoms with Crippen LogP contribution in [0.15, 0.2) is 41.0 Å². The number of rotatable bonds is 5. The molecule has 1 heterocycles. The fourth-order valence-corrected chi connectivity index (χ4v) is 2.88. The van der Waals surface area contributed by atoms with Crippen molar-refractivity contribution in [2.24, 2.45) is 11.8 Å². The number of anilines is 1. The summed E-state index contributed by atoms with van der Waals surface area (Å²) < 4.78 is 5.14. The largest absolute Gasteiger partial charge is 0.467 e. The summed E-state index contributed by atoms with van der Waals surface area (Å²) in [5, 5.41) is 6.37. The van der Waals surface area contributed by atoms with E-state index in [9.17, 15) is 9.59 Å². The first-order chi connectivity index (χ1) is 11.0. The molecule has 0 bridgehead atoms. The zero-order valence-corrected chi connectivity index (χ0v) is 13.5. The maximum absolute atomic E-state index is 12.1. The topological polar surface area (TPSA) is 71.3 Å². The number of nitrogens with one attached hydrogen (secondary N) is 2.